The number of fused-ring (bicyclic) bond motifs is 2. The summed E-state index contributed by atoms with van der Waals surface area (Å²) < 4.78 is 27.4. The Kier molecular flexibility index (Phi) is 2.55. The molecule has 1 nitrogen and oxygen atoms in total. The van der Waals surface area contributed by atoms with Crippen LogP contribution in [0.15, 0.2) is 0 Å². The highest BCUT2D eigenvalue weighted by Crippen LogP contribution is 2.73. The van der Waals surface area contributed by atoms with Gasteiger partial charge in [-0.2, -0.15) is 0 Å². The van der Waals surface area contributed by atoms with Crippen LogP contribution in [0, 0.1) is 11.3 Å². The van der Waals surface area contributed by atoms with Gasteiger partial charge in [0.1, 0.15) is 0 Å². The van der Waals surface area contributed by atoms with Crippen molar-refractivity contribution < 1.29 is 8.78 Å². The van der Waals surface area contributed by atoms with Crippen LogP contribution in [0.2, 0.25) is 0 Å². The highest BCUT2D eigenvalue weighted by Gasteiger charge is 2.80. The van der Waals surface area contributed by atoms with E-state index in [9.17, 15) is 8.78 Å². The fourth-order valence-electron chi connectivity index (χ4n) is 3.98. The Balaban J connectivity index is 0.000000853. The summed E-state index contributed by atoms with van der Waals surface area (Å²) in [4.78, 5) is 0. The first-order chi connectivity index (χ1) is 6.60. The summed E-state index contributed by atoms with van der Waals surface area (Å²) in [5.41, 5.74) is -0.598. The van der Waals surface area contributed by atoms with Gasteiger partial charge in [-0.25, -0.2) is 8.78 Å². The molecule has 2 aliphatic heterocycles. The summed E-state index contributed by atoms with van der Waals surface area (Å²) in [7, 11) is 0. The molecule has 3 fully saturated rings. The summed E-state index contributed by atoms with van der Waals surface area (Å²) in [6.07, 6.45) is 4.30. The molecule has 3 aliphatic rings. The highest BCUT2D eigenvalue weighted by atomic mass is 35.5. The van der Waals surface area contributed by atoms with Gasteiger partial charge in [-0.1, -0.05) is 6.92 Å². The number of nitrogens with one attached hydrogen (secondary N) is 1. The van der Waals surface area contributed by atoms with Crippen molar-refractivity contribution in [2.24, 2.45) is 11.3 Å². The molecule has 1 saturated carbocycles. The quantitative estimate of drug-likeness (QED) is 0.739. The molecule has 3 atom stereocenters. The van der Waals surface area contributed by atoms with Gasteiger partial charge in [-0.05, 0) is 32.1 Å². The van der Waals surface area contributed by atoms with Crippen LogP contribution in [0.25, 0.3) is 0 Å². The third-order valence-corrected chi connectivity index (χ3v) is 4.65. The molecule has 2 heterocycles. The molecule has 15 heavy (non-hydrogen) atoms. The number of piperidine rings is 1. The maximum atomic E-state index is 13.7. The average Bonchev–Trinajstić information content (AvgIpc) is 2.39. The summed E-state index contributed by atoms with van der Waals surface area (Å²) in [6.45, 7) is 1.90. The molecule has 0 aromatic rings. The molecule has 0 amide bonds. The number of hydrogen-bond acceptors (Lipinski definition) is 1. The largest absolute Gasteiger partial charge is 0.311 e. The smallest absolute Gasteiger partial charge is 0.257 e. The van der Waals surface area contributed by atoms with E-state index in [0.29, 0.717) is 18.5 Å². The molecular formula is C11H18ClF2N. The third-order valence-electron chi connectivity index (χ3n) is 4.65. The zero-order valence-electron chi connectivity index (χ0n) is 8.93. The normalized spacial score (nSPS) is 50.2. The Labute approximate surface area is 95.4 Å². The fraction of sp³-hybridized carbons (Fsp3) is 1.00. The number of hydrogen-bond donors (Lipinski definition) is 1. The van der Waals surface area contributed by atoms with Crippen molar-refractivity contribution in [2.75, 3.05) is 0 Å². The number of alkyl halides is 2. The van der Waals surface area contributed by atoms with Crippen LogP contribution in [0.5, 0.6) is 0 Å². The topological polar surface area (TPSA) is 12.0 Å². The van der Waals surface area contributed by atoms with E-state index in [1.54, 1.807) is 0 Å². The molecule has 1 aliphatic carbocycles. The predicted molar refractivity (Wildman–Crippen MR) is 57.6 cm³/mol. The van der Waals surface area contributed by atoms with E-state index in [0.717, 1.165) is 25.7 Å². The standard InChI is InChI=1S/C11H17F2N.ClH/c1-2-9-10(11(9,12)13)5-7-3-4-8(6-10)14-7;/h7-9,14H,2-6H2,1H3;1H. The Hall–Kier alpha value is 0.110. The Morgan fingerprint density at radius 1 is 1.20 bits per heavy atom. The van der Waals surface area contributed by atoms with Gasteiger partial charge in [0, 0.05) is 23.4 Å². The first kappa shape index (κ1) is 11.6. The summed E-state index contributed by atoms with van der Waals surface area (Å²) in [6, 6.07) is 0.771. The van der Waals surface area contributed by atoms with Gasteiger partial charge in [0.25, 0.3) is 5.92 Å². The molecule has 4 heteroatoms. The second kappa shape index (κ2) is 3.30. The zero-order chi connectivity index (χ0) is 9.97. The molecule has 0 aromatic carbocycles. The molecule has 1 spiro atoms. The monoisotopic (exact) mass is 237 g/mol. The maximum Gasteiger partial charge on any atom is 0.257 e. The minimum Gasteiger partial charge on any atom is -0.311 e. The van der Waals surface area contributed by atoms with Crippen molar-refractivity contribution in [3.63, 3.8) is 0 Å². The lowest BCUT2D eigenvalue weighted by molar-refractivity contribution is 0.0385. The lowest BCUT2D eigenvalue weighted by Crippen LogP contribution is -2.41. The maximum absolute atomic E-state index is 13.7. The zero-order valence-corrected chi connectivity index (χ0v) is 9.75. The van der Waals surface area contributed by atoms with Crippen LogP contribution in [0.3, 0.4) is 0 Å². The van der Waals surface area contributed by atoms with Crippen molar-refractivity contribution in [3.05, 3.63) is 0 Å². The number of halogens is 3. The van der Waals surface area contributed by atoms with E-state index in [2.05, 4.69) is 5.32 Å². The molecular weight excluding hydrogens is 220 g/mol. The lowest BCUT2D eigenvalue weighted by Gasteiger charge is -2.29. The average molecular weight is 238 g/mol. The van der Waals surface area contributed by atoms with E-state index in [4.69, 9.17) is 0 Å². The van der Waals surface area contributed by atoms with Crippen LogP contribution < -0.4 is 5.32 Å². The van der Waals surface area contributed by atoms with E-state index in [1.807, 2.05) is 6.92 Å². The van der Waals surface area contributed by atoms with Crippen LogP contribution in [-0.4, -0.2) is 18.0 Å². The van der Waals surface area contributed by atoms with Gasteiger partial charge < -0.3 is 5.32 Å². The van der Waals surface area contributed by atoms with Gasteiger partial charge in [-0.3, -0.25) is 0 Å². The van der Waals surface area contributed by atoms with Gasteiger partial charge in [0.05, 0.1) is 0 Å². The fourth-order valence-corrected chi connectivity index (χ4v) is 3.98. The predicted octanol–water partition coefficient (Wildman–Crippen LogP) is 2.98. The molecule has 1 N–H and O–H groups in total. The van der Waals surface area contributed by atoms with Gasteiger partial charge >= 0.3 is 0 Å². The van der Waals surface area contributed by atoms with Crippen LogP contribution in [0.1, 0.15) is 39.0 Å². The molecule has 3 rings (SSSR count). The molecule has 0 radical (unpaired) electrons. The second-order valence-corrected chi connectivity index (χ2v) is 5.29. The molecule has 2 saturated heterocycles. The SMILES string of the molecule is CCC1C(F)(F)C12CC1CCC(C2)N1.Cl. The first-order valence-corrected chi connectivity index (χ1v) is 5.74. The van der Waals surface area contributed by atoms with Gasteiger partial charge in [0.2, 0.25) is 0 Å². The van der Waals surface area contributed by atoms with Crippen molar-refractivity contribution in [1.82, 2.24) is 5.32 Å². The highest BCUT2D eigenvalue weighted by molar-refractivity contribution is 5.85. The van der Waals surface area contributed by atoms with E-state index < -0.39 is 11.3 Å². The molecule has 3 unspecified atom stereocenters. The Bertz CT molecular complexity index is 257. The third kappa shape index (κ3) is 1.29. The first-order valence-electron chi connectivity index (χ1n) is 5.74. The minimum absolute atomic E-state index is 0. The minimum atomic E-state index is -2.36. The van der Waals surface area contributed by atoms with Crippen LogP contribution in [0.4, 0.5) is 8.78 Å². The van der Waals surface area contributed by atoms with Crippen LogP contribution in [-0.2, 0) is 0 Å². The van der Waals surface area contributed by atoms with Crippen molar-refractivity contribution in [1.29, 1.82) is 0 Å². The molecule has 0 aromatic heterocycles. The Morgan fingerprint density at radius 3 is 2.13 bits per heavy atom. The van der Waals surface area contributed by atoms with Crippen LogP contribution >= 0.6 is 12.4 Å². The Morgan fingerprint density at radius 2 is 1.73 bits per heavy atom. The summed E-state index contributed by atoms with van der Waals surface area (Å²) in [5.74, 6) is -2.68. The number of rotatable bonds is 1. The van der Waals surface area contributed by atoms with Gasteiger partial charge in [-0.15, -0.1) is 12.4 Å². The lowest BCUT2D eigenvalue weighted by atomic mass is 9.86. The van der Waals surface area contributed by atoms with E-state index >= 15 is 0 Å². The van der Waals surface area contributed by atoms with Gasteiger partial charge in [0.15, 0.2) is 0 Å². The summed E-state index contributed by atoms with van der Waals surface area (Å²) >= 11 is 0. The summed E-state index contributed by atoms with van der Waals surface area (Å²) in [5, 5.41) is 3.43. The van der Waals surface area contributed by atoms with E-state index in [1.165, 1.54) is 0 Å². The van der Waals surface area contributed by atoms with Crippen molar-refractivity contribution >= 4 is 12.4 Å². The van der Waals surface area contributed by atoms with Crippen molar-refractivity contribution in [3.8, 4) is 0 Å². The van der Waals surface area contributed by atoms with E-state index in [-0.39, 0.29) is 18.3 Å². The molecule has 88 valence electrons. The second-order valence-electron chi connectivity index (χ2n) is 5.29. The van der Waals surface area contributed by atoms with Crippen molar-refractivity contribution in [2.45, 2.75) is 57.0 Å². The molecule has 2 bridgehead atoms.